The third kappa shape index (κ3) is 8.30. The Balaban J connectivity index is 0.939. The van der Waals surface area contributed by atoms with Crippen LogP contribution in [-0.4, -0.2) is 198 Å². The molecular weight excluding hydrogens is 1160 g/mol. The van der Waals surface area contributed by atoms with Gasteiger partial charge in [-0.2, -0.15) is 10.2 Å². The van der Waals surface area contributed by atoms with Gasteiger partial charge in [0.1, 0.15) is 45.6 Å². The van der Waals surface area contributed by atoms with Gasteiger partial charge >= 0.3 is 17.5 Å². The summed E-state index contributed by atoms with van der Waals surface area (Å²) >= 11 is 0. The van der Waals surface area contributed by atoms with Crippen LogP contribution in [-0.2, 0) is 27.2 Å². The van der Waals surface area contributed by atoms with Gasteiger partial charge < -0.3 is 117 Å². The van der Waals surface area contributed by atoms with Gasteiger partial charge in [0, 0.05) is 30.6 Å². The minimum absolute atomic E-state index is 0.0324. The number of rotatable bonds is 13. The van der Waals surface area contributed by atoms with E-state index in [1.54, 1.807) is 0 Å². The zero-order valence-electron chi connectivity index (χ0n) is 43.8. The Morgan fingerprint density at radius 3 is 1.50 bits per heavy atom. The number of phenols is 8. The SMILES string of the molecule is COc1ccc(-n2nc(C(N)=O)c3c2C(=O)N(c2c(O)c(O)c(N4C(=O)C(O)(O)C(O)(O)C(O)(OCOc5ccc(-n6nc(C(N)=O)c7c6C(=O)N(c6c(O)c(O)c(N8CCCCC8=O)c(O)c6O)C(O)(O)C7)cc5)C4(O)O)c(O)c2O)CC3)cc1. The van der Waals surface area contributed by atoms with E-state index in [9.17, 15) is 116 Å². The number of nitrogens with two attached hydrogens (primary N) is 2. The average Bonchev–Trinajstić information content (AvgIpc) is 0.840. The number of anilines is 4. The molecule has 0 spiro atoms. The molecule has 454 valence electrons. The number of aromatic hydroxyl groups is 8. The van der Waals surface area contributed by atoms with Crippen molar-refractivity contribution in [3.05, 3.63) is 82.4 Å². The summed E-state index contributed by atoms with van der Waals surface area (Å²) in [5.41, 5.74) is 2.94. The first-order valence-electron chi connectivity index (χ1n) is 24.9. The highest BCUT2D eigenvalue weighted by molar-refractivity contribution is 6.14. The highest BCUT2D eigenvalue weighted by atomic mass is 16.8. The smallest absolute Gasteiger partial charge is 0.317 e. The number of primary amides is 2. The van der Waals surface area contributed by atoms with E-state index in [-0.39, 0.29) is 46.9 Å². The van der Waals surface area contributed by atoms with Gasteiger partial charge in [0.2, 0.25) is 5.91 Å². The lowest BCUT2D eigenvalue weighted by atomic mass is 9.85. The van der Waals surface area contributed by atoms with Gasteiger partial charge in [-0.05, 0) is 67.8 Å². The van der Waals surface area contributed by atoms with Crippen LogP contribution in [0.4, 0.5) is 22.7 Å². The molecule has 2 aromatic heterocycles. The van der Waals surface area contributed by atoms with E-state index in [4.69, 9.17) is 25.7 Å². The van der Waals surface area contributed by atoms with Gasteiger partial charge in [-0.15, -0.1) is 0 Å². The lowest BCUT2D eigenvalue weighted by Crippen LogP contribution is -2.89. The molecule has 10 rings (SSSR count). The highest BCUT2D eigenvalue weighted by Crippen LogP contribution is 2.61. The number of carbonyl (C=O) groups is 6. The van der Waals surface area contributed by atoms with Crippen molar-refractivity contribution in [2.75, 3.05) is 46.6 Å². The maximum Gasteiger partial charge on any atom is 0.317 e. The number of aliphatic hydroxyl groups is 9. The molecule has 36 nitrogen and oxygen atoms in total. The number of hydrogen-bond donors (Lipinski definition) is 19. The van der Waals surface area contributed by atoms with Crippen molar-refractivity contribution in [3.8, 4) is 68.9 Å². The molecule has 0 saturated carbocycles. The summed E-state index contributed by atoms with van der Waals surface area (Å²) in [6.45, 7) is -2.38. The molecule has 86 heavy (non-hydrogen) atoms. The van der Waals surface area contributed by atoms with Crippen LogP contribution in [0.5, 0.6) is 57.5 Å². The quantitative estimate of drug-likeness (QED) is 0.0295. The monoisotopic (exact) mass is 1200 g/mol. The van der Waals surface area contributed by atoms with Crippen LogP contribution in [0.2, 0.25) is 0 Å². The van der Waals surface area contributed by atoms with Crippen LogP contribution >= 0.6 is 0 Å². The highest BCUT2D eigenvalue weighted by Gasteiger charge is 2.82. The van der Waals surface area contributed by atoms with Crippen molar-refractivity contribution >= 4 is 58.2 Å². The number of phenolic OH excluding ortho intramolecular Hbond substituents is 8. The first kappa shape index (κ1) is 58.9. The number of carbonyl (C=O) groups excluding carboxylic acids is 6. The summed E-state index contributed by atoms with van der Waals surface area (Å²) in [6, 6.07) is 9.70. The molecule has 2 saturated heterocycles. The first-order chi connectivity index (χ1) is 40.2. The van der Waals surface area contributed by atoms with Crippen LogP contribution in [0.3, 0.4) is 0 Å². The van der Waals surface area contributed by atoms with Gasteiger partial charge in [0.15, 0.2) is 64.2 Å². The topological polar surface area (TPSA) is 575 Å². The maximum absolute atomic E-state index is 14.4. The average molecular weight is 1200 g/mol. The predicted molar refractivity (Wildman–Crippen MR) is 277 cm³/mol. The summed E-state index contributed by atoms with van der Waals surface area (Å²) in [4.78, 5) is 80.6. The number of aromatic nitrogens is 4. The number of ether oxygens (including phenoxy) is 3. The van der Waals surface area contributed by atoms with Crippen molar-refractivity contribution in [1.29, 1.82) is 0 Å². The second-order valence-corrected chi connectivity index (χ2v) is 19.8. The lowest BCUT2D eigenvalue weighted by Gasteiger charge is -2.56. The molecule has 1 unspecified atom stereocenters. The zero-order valence-corrected chi connectivity index (χ0v) is 43.8. The number of fused-ring (bicyclic) bond motifs is 2. The van der Waals surface area contributed by atoms with Crippen molar-refractivity contribution in [2.24, 2.45) is 11.5 Å². The van der Waals surface area contributed by atoms with Crippen LogP contribution < -0.4 is 40.5 Å². The predicted octanol–water partition coefficient (Wildman–Crippen LogP) is -4.44. The normalized spacial score (nSPS) is 19.6. The fourth-order valence-corrected chi connectivity index (χ4v) is 10.5. The van der Waals surface area contributed by atoms with E-state index in [1.807, 2.05) is 0 Å². The van der Waals surface area contributed by atoms with Crippen molar-refractivity contribution in [1.82, 2.24) is 19.6 Å². The van der Waals surface area contributed by atoms with Crippen LogP contribution in [0.15, 0.2) is 48.5 Å². The van der Waals surface area contributed by atoms with Gasteiger partial charge in [-0.3, -0.25) is 33.7 Å². The molecule has 2 fully saturated rings. The third-order valence-corrected chi connectivity index (χ3v) is 14.8. The van der Waals surface area contributed by atoms with Crippen molar-refractivity contribution in [3.63, 3.8) is 0 Å². The van der Waals surface area contributed by atoms with Gasteiger partial charge in [-0.1, -0.05) is 0 Å². The van der Waals surface area contributed by atoms with E-state index in [1.165, 1.54) is 31.4 Å². The Labute approximate surface area is 477 Å². The van der Waals surface area contributed by atoms with Gasteiger partial charge in [0.05, 0.1) is 24.9 Å². The molecule has 0 aliphatic carbocycles. The first-order valence-corrected chi connectivity index (χ1v) is 24.9. The summed E-state index contributed by atoms with van der Waals surface area (Å²) in [5.74, 6) is -44.6. The van der Waals surface area contributed by atoms with Crippen LogP contribution in [0, 0.1) is 0 Å². The lowest BCUT2D eigenvalue weighted by molar-refractivity contribution is -0.517. The Morgan fingerprint density at radius 2 is 1.01 bits per heavy atom. The second kappa shape index (κ2) is 19.9. The molecule has 0 radical (unpaired) electrons. The van der Waals surface area contributed by atoms with Gasteiger partial charge in [-0.25, -0.2) is 19.2 Å². The molecule has 4 aliphatic rings. The van der Waals surface area contributed by atoms with Crippen LogP contribution in [0.25, 0.3) is 11.4 Å². The number of hydrogen-bond acceptors (Lipinski definition) is 28. The largest absolute Gasteiger partial charge is 0.503 e. The molecule has 6 aromatic rings. The van der Waals surface area contributed by atoms with E-state index >= 15 is 0 Å². The van der Waals surface area contributed by atoms with Gasteiger partial charge in [0.25, 0.3) is 41.2 Å². The van der Waals surface area contributed by atoms with E-state index in [0.29, 0.717) is 28.2 Å². The Kier molecular flexibility index (Phi) is 13.7. The Bertz CT molecular complexity index is 3860. The molecule has 21 N–H and O–H groups in total. The maximum atomic E-state index is 14.4. The summed E-state index contributed by atoms with van der Waals surface area (Å²) in [5, 5.41) is 200. The van der Waals surface area contributed by atoms with Crippen molar-refractivity contribution < 1.29 is 130 Å². The van der Waals surface area contributed by atoms with E-state index in [0.717, 1.165) is 33.8 Å². The van der Waals surface area contributed by atoms with Crippen LogP contribution in [0.1, 0.15) is 72.3 Å². The molecule has 1 atom stereocenters. The number of benzene rings is 4. The Hall–Kier alpha value is -10.3. The molecule has 6 heterocycles. The third-order valence-electron chi connectivity index (χ3n) is 14.8. The van der Waals surface area contributed by atoms with E-state index < -0.39 is 186 Å². The molecule has 0 bridgehead atoms. The summed E-state index contributed by atoms with van der Waals surface area (Å²) < 4.78 is 17.0. The molecule has 4 aliphatic heterocycles. The zero-order chi connectivity index (χ0) is 63.0. The molecular formula is C50H48N10O26. The standard InChI is InChI=1S/C50H48N10O26/c1-84-20-9-5-18(6-10-20)59-27-22(25(53-59)41(51)70)13-15-56(43(27)72)30-35(64)39(68)32(40(69)36(30)65)58-45(74)47(77,78)48(79,80)49(81,50(58,82)83)86-17-85-21-11-7-19(8-12-21)60-28-23(26(54-60)42(52)71)16-46(75,76)57(44(28)73)31-37(66)33(62)29(34(63)38(31)67)55-14-3-2-4-24(55)61/h5-12,62-69,75-83H,2-4,13-17H2,1H3,(H2,51,70)(H2,52,71). The summed E-state index contributed by atoms with van der Waals surface area (Å²) in [7, 11) is 1.37. The molecule has 4 aromatic carbocycles. The Morgan fingerprint density at radius 1 is 0.558 bits per heavy atom. The van der Waals surface area contributed by atoms with Crippen molar-refractivity contribution in [2.45, 2.75) is 61.3 Å². The number of nitrogens with zero attached hydrogens (tertiary/aromatic N) is 8. The molecule has 36 heteroatoms. The van der Waals surface area contributed by atoms with E-state index in [2.05, 4.69) is 10.2 Å². The second-order valence-electron chi connectivity index (χ2n) is 19.8. The number of methoxy groups -OCH3 is 1. The minimum atomic E-state index is -5.01. The summed E-state index contributed by atoms with van der Waals surface area (Å²) in [6.07, 6.45) is -0.751. The molecule has 6 amide bonds. The fraction of sp³-hybridized carbons (Fsp3) is 0.280. The fourth-order valence-electron chi connectivity index (χ4n) is 10.5. The number of amides is 6. The minimum Gasteiger partial charge on any atom is -0.503 e. The number of piperidine rings is 2.